The zero-order valence-corrected chi connectivity index (χ0v) is 17.8. The van der Waals surface area contributed by atoms with E-state index < -0.39 is 10.1 Å². The fourth-order valence-corrected chi connectivity index (χ4v) is 4.72. The second kappa shape index (κ2) is 8.79. The number of carbonyl (C=O) groups is 2. The molecule has 156 valence electrons. The summed E-state index contributed by atoms with van der Waals surface area (Å²) >= 11 is 0.879. The number of benzene rings is 3. The molecule has 1 aliphatic rings. The topological polar surface area (TPSA) is 80.8 Å². The van der Waals surface area contributed by atoms with E-state index in [0.29, 0.717) is 10.5 Å². The molecular formula is C23H17NO5S2. The average Bonchev–Trinajstić information content (AvgIpc) is 3.03. The number of amides is 2. The van der Waals surface area contributed by atoms with Crippen LogP contribution in [-0.4, -0.2) is 24.5 Å². The van der Waals surface area contributed by atoms with Crippen LogP contribution in [0.3, 0.4) is 0 Å². The maximum atomic E-state index is 12.6. The van der Waals surface area contributed by atoms with Gasteiger partial charge in [0.1, 0.15) is 10.6 Å². The predicted molar refractivity (Wildman–Crippen MR) is 119 cm³/mol. The Morgan fingerprint density at radius 1 is 0.839 bits per heavy atom. The summed E-state index contributed by atoms with van der Waals surface area (Å²) in [6.45, 7) is 0.215. The van der Waals surface area contributed by atoms with Gasteiger partial charge in [-0.2, -0.15) is 8.42 Å². The Morgan fingerprint density at radius 3 is 2.10 bits per heavy atom. The molecule has 3 aromatic rings. The monoisotopic (exact) mass is 451 g/mol. The highest BCUT2D eigenvalue weighted by molar-refractivity contribution is 8.18. The second-order valence-corrected chi connectivity index (χ2v) is 9.21. The molecule has 6 nitrogen and oxygen atoms in total. The van der Waals surface area contributed by atoms with Gasteiger partial charge >= 0.3 is 10.1 Å². The van der Waals surface area contributed by atoms with Crippen molar-refractivity contribution < 1.29 is 22.2 Å². The lowest BCUT2D eigenvalue weighted by atomic mass is 10.2. The molecule has 1 aliphatic heterocycles. The molecule has 8 heteroatoms. The molecule has 0 radical (unpaired) electrons. The van der Waals surface area contributed by atoms with Gasteiger partial charge in [-0.3, -0.25) is 14.5 Å². The zero-order valence-electron chi connectivity index (χ0n) is 16.2. The van der Waals surface area contributed by atoms with Crippen LogP contribution < -0.4 is 4.18 Å². The largest absolute Gasteiger partial charge is 0.379 e. The molecule has 2 amide bonds. The number of rotatable bonds is 6. The molecule has 1 fully saturated rings. The molecule has 0 spiro atoms. The fraction of sp³-hybridized carbons (Fsp3) is 0.0435. The van der Waals surface area contributed by atoms with E-state index in [4.69, 9.17) is 4.18 Å². The van der Waals surface area contributed by atoms with E-state index in [1.54, 1.807) is 36.4 Å². The molecule has 0 unspecified atom stereocenters. The van der Waals surface area contributed by atoms with Crippen molar-refractivity contribution in [3.05, 3.63) is 101 Å². The van der Waals surface area contributed by atoms with E-state index in [1.165, 1.54) is 29.2 Å². The first-order chi connectivity index (χ1) is 14.9. The minimum absolute atomic E-state index is 0.0613. The van der Waals surface area contributed by atoms with E-state index in [-0.39, 0.29) is 28.3 Å². The van der Waals surface area contributed by atoms with E-state index >= 15 is 0 Å². The Labute approximate surface area is 184 Å². The summed E-state index contributed by atoms with van der Waals surface area (Å²) in [5.74, 6) is -0.205. The van der Waals surface area contributed by atoms with E-state index in [2.05, 4.69) is 0 Å². The van der Waals surface area contributed by atoms with Gasteiger partial charge in [0.25, 0.3) is 11.1 Å². The first-order valence-electron chi connectivity index (χ1n) is 9.31. The SMILES string of the molecule is O=C1S/C(=C\c2ccc(OS(=O)(=O)c3ccccc3)cc2)C(=O)N1Cc1ccccc1. The zero-order chi connectivity index (χ0) is 21.8. The van der Waals surface area contributed by atoms with Crippen LogP contribution in [0.15, 0.2) is 94.7 Å². The van der Waals surface area contributed by atoms with Crippen LogP contribution in [0.5, 0.6) is 5.75 Å². The number of thioether (sulfide) groups is 1. The number of hydrogen-bond donors (Lipinski definition) is 0. The third-order valence-corrected chi connectivity index (χ3v) is 6.64. The van der Waals surface area contributed by atoms with Crippen molar-refractivity contribution in [2.75, 3.05) is 0 Å². The van der Waals surface area contributed by atoms with Gasteiger partial charge in [-0.15, -0.1) is 0 Å². The summed E-state index contributed by atoms with van der Waals surface area (Å²) in [4.78, 5) is 26.5. The molecule has 0 bridgehead atoms. The lowest BCUT2D eigenvalue weighted by Gasteiger charge is -2.12. The van der Waals surface area contributed by atoms with Crippen LogP contribution in [-0.2, 0) is 21.5 Å². The van der Waals surface area contributed by atoms with E-state index in [0.717, 1.165) is 17.3 Å². The van der Waals surface area contributed by atoms with Crippen LogP contribution in [0, 0.1) is 0 Å². The van der Waals surface area contributed by atoms with Crippen LogP contribution in [0.2, 0.25) is 0 Å². The molecule has 0 saturated carbocycles. The highest BCUT2D eigenvalue weighted by Gasteiger charge is 2.34. The summed E-state index contributed by atoms with van der Waals surface area (Å²) in [5, 5.41) is -0.325. The van der Waals surface area contributed by atoms with E-state index in [9.17, 15) is 18.0 Å². The maximum absolute atomic E-state index is 12.6. The van der Waals surface area contributed by atoms with Crippen molar-refractivity contribution in [2.45, 2.75) is 11.4 Å². The van der Waals surface area contributed by atoms with Crippen molar-refractivity contribution in [2.24, 2.45) is 0 Å². The Kier molecular flexibility index (Phi) is 5.92. The molecule has 1 heterocycles. The van der Waals surface area contributed by atoms with Gasteiger partial charge in [-0.1, -0.05) is 60.7 Å². The summed E-state index contributed by atoms with van der Waals surface area (Å²) in [6.07, 6.45) is 1.60. The molecule has 1 saturated heterocycles. The Hall–Kier alpha value is -3.36. The lowest BCUT2D eigenvalue weighted by Crippen LogP contribution is -2.27. The molecule has 31 heavy (non-hydrogen) atoms. The van der Waals surface area contributed by atoms with Crippen LogP contribution in [0.25, 0.3) is 6.08 Å². The normalized spacial score (nSPS) is 15.5. The first kappa shape index (κ1) is 20.9. The molecule has 0 aromatic heterocycles. The maximum Gasteiger partial charge on any atom is 0.339 e. The molecule has 0 aliphatic carbocycles. The van der Waals surface area contributed by atoms with Gasteiger partial charge in [0.05, 0.1) is 11.4 Å². The molecule has 3 aromatic carbocycles. The van der Waals surface area contributed by atoms with Crippen LogP contribution in [0.4, 0.5) is 4.79 Å². The summed E-state index contributed by atoms with van der Waals surface area (Å²) in [7, 11) is -3.93. The van der Waals surface area contributed by atoms with E-state index in [1.807, 2.05) is 30.3 Å². The third-order valence-electron chi connectivity index (χ3n) is 4.47. The number of imide groups is 1. The van der Waals surface area contributed by atoms with Crippen molar-refractivity contribution in [3.8, 4) is 5.75 Å². The summed E-state index contributed by atoms with van der Waals surface area (Å²) < 4.78 is 29.8. The van der Waals surface area contributed by atoms with Crippen LogP contribution in [0.1, 0.15) is 11.1 Å². The highest BCUT2D eigenvalue weighted by atomic mass is 32.2. The quantitative estimate of drug-likeness (QED) is 0.400. The predicted octanol–water partition coefficient (Wildman–Crippen LogP) is 4.69. The number of nitrogens with zero attached hydrogens (tertiary/aromatic N) is 1. The second-order valence-electron chi connectivity index (χ2n) is 6.67. The van der Waals surface area contributed by atoms with Gasteiger partial charge in [0.2, 0.25) is 0 Å². The first-order valence-corrected chi connectivity index (χ1v) is 11.5. The minimum Gasteiger partial charge on any atom is -0.379 e. The average molecular weight is 452 g/mol. The van der Waals surface area contributed by atoms with Crippen molar-refractivity contribution in [1.29, 1.82) is 0 Å². The van der Waals surface area contributed by atoms with Gasteiger partial charge in [0.15, 0.2) is 0 Å². The molecular weight excluding hydrogens is 434 g/mol. The minimum atomic E-state index is -3.93. The summed E-state index contributed by atoms with van der Waals surface area (Å²) in [6, 6.07) is 23.4. The standard InChI is InChI=1S/C23H17NO5S2/c25-22-21(30-23(26)24(22)16-18-7-3-1-4-8-18)15-17-11-13-19(14-12-17)29-31(27,28)20-9-5-2-6-10-20/h1-15H,16H2/b21-15-. The third kappa shape index (κ3) is 4.87. The molecule has 0 N–H and O–H groups in total. The molecule has 0 atom stereocenters. The van der Waals surface area contributed by atoms with Crippen molar-refractivity contribution in [3.63, 3.8) is 0 Å². The highest BCUT2D eigenvalue weighted by Crippen LogP contribution is 2.33. The molecule has 4 rings (SSSR count). The Balaban J connectivity index is 1.47. The lowest BCUT2D eigenvalue weighted by molar-refractivity contribution is -0.123. The number of hydrogen-bond acceptors (Lipinski definition) is 6. The Morgan fingerprint density at radius 2 is 1.45 bits per heavy atom. The summed E-state index contributed by atoms with van der Waals surface area (Å²) in [5.41, 5.74) is 1.52. The fourth-order valence-electron chi connectivity index (χ4n) is 2.94. The number of carbonyl (C=O) groups excluding carboxylic acids is 2. The van der Waals surface area contributed by atoms with Gasteiger partial charge in [-0.25, -0.2) is 0 Å². The van der Waals surface area contributed by atoms with Gasteiger partial charge < -0.3 is 4.18 Å². The smallest absolute Gasteiger partial charge is 0.339 e. The van der Waals surface area contributed by atoms with Gasteiger partial charge in [-0.05, 0) is 53.2 Å². The Bertz CT molecular complexity index is 1240. The van der Waals surface area contributed by atoms with Crippen molar-refractivity contribution >= 4 is 39.1 Å². The van der Waals surface area contributed by atoms with Gasteiger partial charge in [0, 0.05) is 0 Å². The van der Waals surface area contributed by atoms with Crippen LogP contribution >= 0.6 is 11.8 Å². The van der Waals surface area contributed by atoms with Crippen molar-refractivity contribution in [1.82, 2.24) is 4.90 Å².